The van der Waals surface area contributed by atoms with Crippen molar-refractivity contribution in [3.8, 4) is 5.75 Å². The zero-order valence-electron chi connectivity index (χ0n) is 10.4. The molecule has 16 heavy (non-hydrogen) atoms. The van der Waals surface area contributed by atoms with Gasteiger partial charge in [0.25, 0.3) is 0 Å². The molecule has 0 radical (unpaired) electrons. The van der Waals surface area contributed by atoms with Gasteiger partial charge >= 0.3 is 0 Å². The van der Waals surface area contributed by atoms with Crippen LogP contribution in [-0.2, 0) is 4.74 Å². The fourth-order valence-electron chi connectivity index (χ4n) is 1.45. The molecule has 0 aliphatic carbocycles. The third kappa shape index (κ3) is 3.26. The Hall–Kier alpha value is -1.51. The normalized spacial score (nSPS) is 10.0. The van der Waals surface area contributed by atoms with E-state index in [4.69, 9.17) is 14.9 Å². The van der Waals surface area contributed by atoms with E-state index in [0.29, 0.717) is 13.0 Å². The van der Waals surface area contributed by atoms with Gasteiger partial charge in [-0.15, -0.1) is 0 Å². The highest BCUT2D eigenvalue weighted by Gasteiger charge is 2.03. The topological polar surface area (TPSA) is 42.3 Å². The molecule has 3 nitrogen and oxygen atoms in total. The van der Waals surface area contributed by atoms with Gasteiger partial charge < -0.3 is 9.47 Å². The Morgan fingerprint density at radius 2 is 1.75 bits per heavy atom. The van der Waals surface area contributed by atoms with Crippen LogP contribution in [0.15, 0.2) is 12.1 Å². The lowest BCUT2D eigenvalue weighted by Crippen LogP contribution is -2.07. The maximum Gasteiger partial charge on any atom is 0.183 e. The third-order valence-electron chi connectivity index (χ3n) is 2.62. The van der Waals surface area contributed by atoms with Crippen LogP contribution in [-0.4, -0.2) is 19.6 Å². The van der Waals surface area contributed by atoms with Gasteiger partial charge in [-0.05, 0) is 43.5 Å². The highest BCUT2D eigenvalue weighted by atomic mass is 16.5. The number of benzene rings is 1. The molecule has 1 N–H and O–H groups in total. The van der Waals surface area contributed by atoms with Gasteiger partial charge in [-0.1, -0.05) is 6.07 Å². The van der Waals surface area contributed by atoms with Crippen molar-refractivity contribution in [3.63, 3.8) is 0 Å². The van der Waals surface area contributed by atoms with E-state index in [0.717, 1.165) is 11.3 Å². The molecule has 0 fully saturated rings. The van der Waals surface area contributed by atoms with Crippen molar-refractivity contribution in [1.82, 2.24) is 0 Å². The smallest absolute Gasteiger partial charge is 0.183 e. The predicted molar refractivity (Wildman–Crippen MR) is 65.5 cm³/mol. The van der Waals surface area contributed by atoms with Gasteiger partial charge in [0.05, 0.1) is 20.1 Å². The Balaban J connectivity index is 2.60. The van der Waals surface area contributed by atoms with Crippen molar-refractivity contribution in [1.29, 1.82) is 5.41 Å². The molecule has 0 aliphatic rings. The van der Waals surface area contributed by atoms with E-state index < -0.39 is 0 Å². The summed E-state index contributed by atoms with van der Waals surface area (Å²) in [6.07, 6.45) is 0.503. The van der Waals surface area contributed by atoms with Gasteiger partial charge in [0, 0.05) is 0 Å². The van der Waals surface area contributed by atoms with Crippen LogP contribution in [0.3, 0.4) is 0 Å². The van der Waals surface area contributed by atoms with Crippen LogP contribution in [0, 0.1) is 26.2 Å². The van der Waals surface area contributed by atoms with Crippen molar-refractivity contribution in [2.75, 3.05) is 13.7 Å². The maximum atomic E-state index is 7.33. The molecule has 0 saturated carbocycles. The number of rotatable bonds is 4. The van der Waals surface area contributed by atoms with Gasteiger partial charge in [-0.25, -0.2) is 0 Å². The minimum absolute atomic E-state index is 0.251. The Kier molecular flexibility index (Phi) is 4.35. The lowest BCUT2D eigenvalue weighted by molar-refractivity contribution is 0.305. The van der Waals surface area contributed by atoms with Crippen LogP contribution < -0.4 is 4.74 Å². The predicted octanol–water partition coefficient (Wildman–Crippen LogP) is 3.00. The van der Waals surface area contributed by atoms with Crippen molar-refractivity contribution in [2.24, 2.45) is 0 Å². The summed E-state index contributed by atoms with van der Waals surface area (Å²) in [5.41, 5.74) is 3.63. The van der Waals surface area contributed by atoms with E-state index in [9.17, 15) is 0 Å². The standard InChI is InChI=1S/C13H19NO2/c1-9-7-11(3)12(8-10(9)2)16-6-5-13(14)15-4/h7-8,14H,5-6H2,1-4H3. The van der Waals surface area contributed by atoms with Gasteiger partial charge in [0.2, 0.25) is 0 Å². The van der Waals surface area contributed by atoms with Crippen LogP contribution in [0.1, 0.15) is 23.1 Å². The summed E-state index contributed by atoms with van der Waals surface area (Å²) in [5.74, 6) is 1.15. The van der Waals surface area contributed by atoms with E-state index in [1.165, 1.54) is 18.2 Å². The Labute approximate surface area is 96.9 Å². The number of aryl methyl sites for hydroxylation is 3. The molecule has 0 saturated heterocycles. The van der Waals surface area contributed by atoms with E-state index in [1.807, 2.05) is 13.0 Å². The monoisotopic (exact) mass is 221 g/mol. The Morgan fingerprint density at radius 3 is 2.38 bits per heavy atom. The lowest BCUT2D eigenvalue weighted by Gasteiger charge is -2.11. The number of methoxy groups -OCH3 is 1. The van der Waals surface area contributed by atoms with Crippen LogP contribution in [0.2, 0.25) is 0 Å². The van der Waals surface area contributed by atoms with Crippen LogP contribution >= 0.6 is 0 Å². The molecule has 1 aromatic carbocycles. The number of hydrogen-bond acceptors (Lipinski definition) is 3. The zero-order valence-corrected chi connectivity index (χ0v) is 10.4. The quantitative estimate of drug-likeness (QED) is 0.627. The Morgan fingerprint density at radius 1 is 1.12 bits per heavy atom. The molecule has 3 heteroatoms. The summed E-state index contributed by atoms with van der Waals surface area (Å²) in [4.78, 5) is 0. The maximum absolute atomic E-state index is 7.33. The fourth-order valence-corrected chi connectivity index (χ4v) is 1.45. The molecule has 0 bridgehead atoms. The minimum Gasteiger partial charge on any atom is -0.493 e. The van der Waals surface area contributed by atoms with E-state index in [1.54, 1.807) is 0 Å². The summed E-state index contributed by atoms with van der Waals surface area (Å²) < 4.78 is 10.4. The first-order valence-electron chi connectivity index (χ1n) is 5.36. The van der Waals surface area contributed by atoms with Crippen LogP contribution in [0.25, 0.3) is 0 Å². The molecule has 0 unspecified atom stereocenters. The first-order chi connectivity index (χ1) is 7.54. The molecule has 0 aliphatic heterocycles. The number of hydrogen-bond donors (Lipinski definition) is 1. The van der Waals surface area contributed by atoms with Gasteiger partial charge in [-0.3, -0.25) is 5.41 Å². The average molecular weight is 221 g/mol. The molecule has 1 aromatic rings. The molecule has 0 amide bonds. The largest absolute Gasteiger partial charge is 0.493 e. The molecule has 0 heterocycles. The van der Waals surface area contributed by atoms with Crippen molar-refractivity contribution >= 4 is 5.90 Å². The molecule has 0 atom stereocenters. The molecule has 1 rings (SSSR count). The first kappa shape index (κ1) is 12.6. The van der Waals surface area contributed by atoms with Crippen molar-refractivity contribution in [3.05, 3.63) is 28.8 Å². The summed E-state index contributed by atoms with van der Waals surface area (Å²) in [7, 11) is 1.50. The van der Waals surface area contributed by atoms with E-state index >= 15 is 0 Å². The minimum atomic E-state index is 0.251. The second kappa shape index (κ2) is 5.54. The summed E-state index contributed by atoms with van der Waals surface area (Å²) in [6, 6.07) is 4.16. The summed E-state index contributed by atoms with van der Waals surface area (Å²) >= 11 is 0. The van der Waals surface area contributed by atoms with E-state index in [2.05, 4.69) is 19.9 Å². The SMILES string of the molecule is COC(=N)CCOc1cc(C)c(C)cc1C. The van der Waals surface area contributed by atoms with Crippen molar-refractivity contribution < 1.29 is 9.47 Å². The second-order valence-electron chi connectivity index (χ2n) is 3.93. The summed E-state index contributed by atoms with van der Waals surface area (Å²) in [5, 5.41) is 7.33. The fraction of sp³-hybridized carbons (Fsp3) is 0.462. The summed E-state index contributed by atoms with van der Waals surface area (Å²) in [6.45, 7) is 6.67. The molecule has 88 valence electrons. The molecule has 0 aromatic heterocycles. The van der Waals surface area contributed by atoms with Crippen LogP contribution in [0.5, 0.6) is 5.75 Å². The Bertz CT molecular complexity index is 386. The van der Waals surface area contributed by atoms with Gasteiger partial charge in [0.1, 0.15) is 5.75 Å². The highest BCUT2D eigenvalue weighted by molar-refractivity contribution is 5.72. The first-order valence-corrected chi connectivity index (χ1v) is 5.36. The molecular formula is C13H19NO2. The van der Waals surface area contributed by atoms with Gasteiger partial charge in [-0.2, -0.15) is 0 Å². The molecular weight excluding hydrogens is 202 g/mol. The number of ether oxygens (including phenoxy) is 2. The van der Waals surface area contributed by atoms with E-state index in [-0.39, 0.29) is 5.90 Å². The second-order valence-corrected chi connectivity index (χ2v) is 3.93. The average Bonchev–Trinajstić information content (AvgIpc) is 2.25. The number of nitrogens with one attached hydrogen (secondary N) is 1. The van der Waals surface area contributed by atoms with Crippen molar-refractivity contribution in [2.45, 2.75) is 27.2 Å². The van der Waals surface area contributed by atoms with Gasteiger partial charge in [0.15, 0.2) is 5.90 Å². The highest BCUT2D eigenvalue weighted by Crippen LogP contribution is 2.22. The third-order valence-corrected chi connectivity index (χ3v) is 2.62. The molecule has 0 spiro atoms. The van der Waals surface area contributed by atoms with Crippen LogP contribution in [0.4, 0.5) is 0 Å². The zero-order chi connectivity index (χ0) is 12.1. The lowest BCUT2D eigenvalue weighted by atomic mass is 10.1.